The van der Waals surface area contributed by atoms with Crippen molar-refractivity contribution in [3.05, 3.63) is 24.0 Å². The van der Waals surface area contributed by atoms with Gasteiger partial charge >= 0.3 is 0 Å². The Morgan fingerprint density at radius 3 is 2.63 bits per heavy atom. The molecular formula is C12H18FN3O2S. The summed E-state index contributed by atoms with van der Waals surface area (Å²) in [6, 6.07) is 3.87. The van der Waals surface area contributed by atoms with Crippen molar-refractivity contribution >= 4 is 15.7 Å². The molecule has 1 aromatic carbocycles. The van der Waals surface area contributed by atoms with Crippen LogP contribution in [0.1, 0.15) is 13.3 Å². The monoisotopic (exact) mass is 287 g/mol. The van der Waals surface area contributed by atoms with Crippen molar-refractivity contribution in [1.29, 1.82) is 0 Å². The van der Waals surface area contributed by atoms with Crippen LogP contribution in [0.25, 0.3) is 0 Å². The lowest BCUT2D eigenvalue weighted by Crippen LogP contribution is -2.46. The highest BCUT2D eigenvalue weighted by molar-refractivity contribution is 7.89. The first-order valence-electron chi connectivity index (χ1n) is 6.12. The summed E-state index contributed by atoms with van der Waals surface area (Å²) in [4.78, 5) is 1.67. The van der Waals surface area contributed by atoms with Crippen LogP contribution in [-0.4, -0.2) is 27.5 Å². The lowest BCUT2D eigenvalue weighted by atomic mass is 9.94. The zero-order valence-corrected chi connectivity index (χ0v) is 11.5. The number of anilines is 1. The molecule has 1 aromatic rings. The van der Waals surface area contributed by atoms with Crippen molar-refractivity contribution in [2.45, 2.75) is 24.3 Å². The maximum atomic E-state index is 14.0. The highest BCUT2D eigenvalue weighted by Gasteiger charge is 2.25. The molecule has 2 atom stereocenters. The third-order valence-corrected chi connectivity index (χ3v) is 4.47. The fourth-order valence-corrected chi connectivity index (χ4v) is 2.83. The Bertz CT molecular complexity index is 576. The lowest BCUT2D eigenvalue weighted by Gasteiger charge is -2.36. The summed E-state index contributed by atoms with van der Waals surface area (Å²) in [7, 11) is -3.87. The molecule has 1 aliphatic rings. The van der Waals surface area contributed by atoms with E-state index in [1.807, 2.05) is 11.8 Å². The first-order chi connectivity index (χ1) is 8.79. The highest BCUT2D eigenvalue weighted by atomic mass is 32.2. The topological polar surface area (TPSA) is 89.4 Å². The fraction of sp³-hybridized carbons (Fsp3) is 0.500. The number of hydrogen-bond acceptors (Lipinski definition) is 4. The first kappa shape index (κ1) is 14.2. The minimum Gasteiger partial charge on any atom is -0.369 e. The number of primary sulfonamides is 1. The molecule has 0 bridgehead atoms. The maximum Gasteiger partial charge on any atom is 0.238 e. The van der Waals surface area contributed by atoms with Crippen molar-refractivity contribution in [3.63, 3.8) is 0 Å². The Balaban J connectivity index is 2.27. The molecule has 5 nitrogen and oxygen atoms in total. The van der Waals surface area contributed by atoms with Crippen LogP contribution in [0.15, 0.2) is 23.1 Å². The molecule has 0 spiro atoms. The second-order valence-electron chi connectivity index (χ2n) is 5.03. The summed E-state index contributed by atoms with van der Waals surface area (Å²) in [5, 5.41) is 4.97. The molecular weight excluding hydrogens is 269 g/mol. The summed E-state index contributed by atoms with van der Waals surface area (Å²) < 4.78 is 36.3. The zero-order valence-electron chi connectivity index (χ0n) is 10.7. The molecule has 0 saturated carbocycles. The summed E-state index contributed by atoms with van der Waals surface area (Å²) in [6.45, 7) is 3.34. The predicted octanol–water partition coefficient (Wildman–Crippen LogP) is 0.647. The third-order valence-electron chi connectivity index (χ3n) is 3.56. The largest absolute Gasteiger partial charge is 0.369 e. The van der Waals surface area contributed by atoms with E-state index in [9.17, 15) is 12.8 Å². The van der Waals surface area contributed by atoms with Crippen molar-refractivity contribution in [2.24, 2.45) is 16.8 Å². The highest BCUT2D eigenvalue weighted by Crippen LogP contribution is 2.26. The van der Waals surface area contributed by atoms with Crippen LogP contribution < -0.4 is 15.8 Å². The molecule has 4 N–H and O–H groups in total. The third kappa shape index (κ3) is 3.05. The van der Waals surface area contributed by atoms with Gasteiger partial charge in [-0.15, -0.1) is 0 Å². The number of hydrogen-bond donors (Lipinski definition) is 2. The van der Waals surface area contributed by atoms with Crippen molar-refractivity contribution in [1.82, 2.24) is 0 Å². The van der Waals surface area contributed by atoms with Gasteiger partial charge in [-0.3, -0.25) is 0 Å². The van der Waals surface area contributed by atoms with E-state index in [2.05, 4.69) is 0 Å². The van der Waals surface area contributed by atoms with E-state index in [1.54, 1.807) is 0 Å². The zero-order chi connectivity index (χ0) is 14.2. The smallest absolute Gasteiger partial charge is 0.238 e. The van der Waals surface area contributed by atoms with Crippen LogP contribution in [0.5, 0.6) is 0 Å². The van der Waals surface area contributed by atoms with Crippen molar-refractivity contribution < 1.29 is 12.8 Å². The Labute approximate surface area is 112 Å². The first-order valence-corrected chi connectivity index (χ1v) is 7.66. The van der Waals surface area contributed by atoms with E-state index >= 15 is 0 Å². The van der Waals surface area contributed by atoms with Crippen molar-refractivity contribution in [2.75, 3.05) is 18.0 Å². The number of nitrogens with two attached hydrogens (primary N) is 2. The van der Waals surface area contributed by atoms with Gasteiger partial charge in [-0.05, 0) is 30.5 Å². The average Bonchev–Trinajstić information content (AvgIpc) is 2.31. The standard InChI is InChI=1S/C12H18FN3O2S/c1-8-7-16(5-4-11(8)14)12-3-2-9(6-10(12)13)19(15,17)18/h2-3,6,8,11H,4-5,7,14H2,1H3,(H2,15,17,18). The van der Waals surface area contributed by atoms with Gasteiger partial charge in [-0.25, -0.2) is 17.9 Å². The molecule has 1 aliphatic heterocycles. The van der Waals surface area contributed by atoms with Gasteiger partial charge in [-0.2, -0.15) is 0 Å². The van der Waals surface area contributed by atoms with Gasteiger partial charge in [0, 0.05) is 19.1 Å². The van der Waals surface area contributed by atoms with Crippen LogP contribution in [0.4, 0.5) is 10.1 Å². The Morgan fingerprint density at radius 1 is 1.42 bits per heavy atom. The summed E-state index contributed by atoms with van der Waals surface area (Å²) in [5.41, 5.74) is 6.32. The molecule has 0 radical (unpaired) electrons. The van der Waals surface area contributed by atoms with Crippen LogP contribution in [0.2, 0.25) is 0 Å². The molecule has 1 fully saturated rings. The SMILES string of the molecule is CC1CN(c2ccc(S(N)(=O)=O)cc2F)CCC1N. The van der Waals surface area contributed by atoms with Gasteiger partial charge in [0.2, 0.25) is 10.0 Å². The average molecular weight is 287 g/mol. The minimum atomic E-state index is -3.87. The number of piperidine rings is 1. The molecule has 2 unspecified atom stereocenters. The number of halogens is 1. The van der Waals surface area contributed by atoms with E-state index in [1.165, 1.54) is 12.1 Å². The second-order valence-corrected chi connectivity index (χ2v) is 6.60. The maximum absolute atomic E-state index is 14.0. The Kier molecular flexibility index (Phi) is 3.80. The molecule has 1 heterocycles. The molecule has 1 saturated heterocycles. The van der Waals surface area contributed by atoms with Gasteiger partial charge in [0.1, 0.15) is 5.82 Å². The van der Waals surface area contributed by atoms with Crippen LogP contribution in [0.3, 0.4) is 0 Å². The summed E-state index contributed by atoms with van der Waals surface area (Å²) in [5.74, 6) is -0.305. The van der Waals surface area contributed by atoms with E-state index in [0.29, 0.717) is 18.8 Å². The fourth-order valence-electron chi connectivity index (χ4n) is 2.30. The van der Waals surface area contributed by atoms with Crippen LogP contribution in [-0.2, 0) is 10.0 Å². The minimum absolute atomic E-state index is 0.128. The van der Waals surface area contributed by atoms with Crippen molar-refractivity contribution in [3.8, 4) is 0 Å². The van der Waals surface area contributed by atoms with E-state index in [4.69, 9.17) is 10.9 Å². The normalized spacial score (nSPS) is 24.5. The van der Waals surface area contributed by atoms with Gasteiger partial charge in [0.05, 0.1) is 10.6 Å². The second kappa shape index (κ2) is 5.07. The number of benzene rings is 1. The molecule has 0 aromatic heterocycles. The number of rotatable bonds is 2. The number of sulfonamides is 1. The molecule has 106 valence electrons. The van der Waals surface area contributed by atoms with Crippen LogP contribution in [0, 0.1) is 11.7 Å². The molecule has 2 rings (SSSR count). The molecule has 0 amide bonds. The van der Waals surface area contributed by atoms with Gasteiger partial charge in [-0.1, -0.05) is 6.92 Å². The van der Waals surface area contributed by atoms with Gasteiger partial charge in [0.15, 0.2) is 0 Å². The molecule has 19 heavy (non-hydrogen) atoms. The van der Waals surface area contributed by atoms with Gasteiger partial charge < -0.3 is 10.6 Å². The lowest BCUT2D eigenvalue weighted by molar-refractivity contribution is 0.380. The Morgan fingerprint density at radius 2 is 2.11 bits per heavy atom. The summed E-state index contributed by atoms with van der Waals surface area (Å²) in [6.07, 6.45) is 0.789. The predicted molar refractivity (Wildman–Crippen MR) is 71.7 cm³/mol. The summed E-state index contributed by atoms with van der Waals surface area (Å²) >= 11 is 0. The molecule has 7 heteroatoms. The van der Waals surface area contributed by atoms with E-state index in [-0.39, 0.29) is 16.9 Å². The molecule has 0 aliphatic carbocycles. The van der Waals surface area contributed by atoms with Crippen LogP contribution >= 0.6 is 0 Å². The van der Waals surface area contributed by atoms with Gasteiger partial charge in [0.25, 0.3) is 0 Å². The quantitative estimate of drug-likeness (QED) is 0.835. The number of nitrogens with zero attached hydrogens (tertiary/aromatic N) is 1. The van der Waals surface area contributed by atoms with E-state index < -0.39 is 15.8 Å². The Hall–Kier alpha value is -1.18. The van der Waals surface area contributed by atoms with E-state index in [0.717, 1.165) is 12.5 Å².